The topological polar surface area (TPSA) is 30.3 Å². The van der Waals surface area contributed by atoms with Crippen LogP contribution in [0, 0.1) is 11.3 Å². The van der Waals surface area contributed by atoms with Crippen LogP contribution in [0.4, 0.5) is 5.69 Å². The van der Waals surface area contributed by atoms with E-state index >= 15 is 0 Å². The fourth-order valence-corrected chi connectivity index (χ4v) is 2.76. The van der Waals surface area contributed by atoms with Gasteiger partial charge in [-0.1, -0.05) is 0 Å². The summed E-state index contributed by atoms with van der Waals surface area (Å²) in [4.78, 5) is 4.52. The van der Waals surface area contributed by atoms with Gasteiger partial charge in [-0.05, 0) is 62.1 Å². The number of anilines is 1. The quantitative estimate of drug-likeness (QED) is 0.837. The van der Waals surface area contributed by atoms with Crippen molar-refractivity contribution >= 4 is 21.6 Å². The van der Waals surface area contributed by atoms with E-state index in [9.17, 15) is 0 Å². The molecule has 3 nitrogen and oxygen atoms in total. The Morgan fingerprint density at radius 2 is 2.06 bits per heavy atom. The van der Waals surface area contributed by atoms with E-state index < -0.39 is 0 Å². The number of nitrogens with zero attached hydrogens (tertiary/aromatic N) is 3. The second-order valence-corrected chi connectivity index (χ2v) is 5.53. The predicted molar refractivity (Wildman–Crippen MR) is 79.9 cm³/mol. The van der Waals surface area contributed by atoms with Gasteiger partial charge in [-0.3, -0.25) is 0 Å². The van der Waals surface area contributed by atoms with Gasteiger partial charge in [0.2, 0.25) is 0 Å². The van der Waals surface area contributed by atoms with Crippen LogP contribution < -0.4 is 4.90 Å². The molecule has 0 aromatic heterocycles. The first kappa shape index (κ1) is 15.0. The molecular weight excluding hydrogens is 290 g/mol. The minimum atomic E-state index is 0.425. The first-order valence-electron chi connectivity index (χ1n) is 6.10. The van der Waals surface area contributed by atoms with Crippen molar-refractivity contribution in [2.45, 2.75) is 19.9 Å². The van der Waals surface area contributed by atoms with Gasteiger partial charge in [0.05, 0.1) is 17.3 Å². The molecule has 0 saturated carbocycles. The highest BCUT2D eigenvalue weighted by Crippen LogP contribution is 2.28. The van der Waals surface area contributed by atoms with Crippen molar-refractivity contribution in [3.8, 4) is 6.07 Å². The van der Waals surface area contributed by atoms with Gasteiger partial charge in [0.25, 0.3) is 0 Å². The maximum absolute atomic E-state index is 8.89. The van der Waals surface area contributed by atoms with Gasteiger partial charge in [-0.2, -0.15) is 5.26 Å². The van der Waals surface area contributed by atoms with E-state index in [2.05, 4.69) is 59.7 Å². The third-order valence-electron chi connectivity index (χ3n) is 2.89. The molecule has 0 fully saturated rings. The van der Waals surface area contributed by atoms with Crippen molar-refractivity contribution in [2.24, 2.45) is 0 Å². The molecule has 0 aliphatic heterocycles. The lowest BCUT2D eigenvalue weighted by atomic mass is 10.1. The lowest BCUT2D eigenvalue weighted by molar-refractivity contribution is 0.373. The Morgan fingerprint density at radius 1 is 1.39 bits per heavy atom. The molecule has 0 aliphatic rings. The van der Waals surface area contributed by atoms with Crippen molar-refractivity contribution in [2.75, 3.05) is 32.1 Å². The van der Waals surface area contributed by atoms with E-state index in [1.54, 1.807) is 0 Å². The second-order valence-electron chi connectivity index (χ2n) is 4.68. The Kier molecular flexibility index (Phi) is 5.64. The van der Waals surface area contributed by atoms with E-state index in [4.69, 9.17) is 5.26 Å². The van der Waals surface area contributed by atoms with Crippen molar-refractivity contribution in [1.29, 1.82) is 5.26 Å². The summed E-state index contributed by atoms with van der Waals surface area (Å²) >= 11 is 3.56. The first-order chi connectivity index (χ1) is 8.49. The van der Waals surface area contributed by atoms with E-state index in [-0.39, 0.29) is 0 Å². The standard InChI is InChI=1S/C14H20BrN3/c1-5-18(11(2)10-17(3)4)14-7-6-12(9-16)8-13(14)15/h6-8,11H,5,10H2,1-4H3. The summed E-state index contributed by atoms with van der Waals surface area (Å²) in [7, 11) is 4.16. The maximum Gasteiger partial charge on any atom is 0.0992 e. The molecule has 0 amide bonds. The number of halogens is 1. The number of nitriles is 1. The molecule has 0 radical (unpaired) electrons. The summed E-state index contributed by atoms with van der Waals surface area (Å²) in [6.45, 7) is 6.31. The zero-order valence-electron chi connectivity index (χ0n) is 11.4. The summed E-state index contributed by atoms with van der Waals surface area (Å²) in [6, 6.07) is 8.34. The van der Waals surface area contributed by atoms with Crippen LogP contribution in [0.25, 0.3) is 0 Å². The molecule has 18 heavy (non-hydrogen) atoms. The van der Waals surface area contributed by atoms with Crippen LogP contribution in [0.3, 0.4) is 0 Å². The molecule has 0 aliphatic carbocycles. The highest BCUT2D eigenvalue weighted by Gasteiger charge is 2.16. The zero-order valence-corrected chi connectivity index (χ0v) is 13.0. The van der Waals surface area contributed by atoms with Crippen LogP contribution in [0.5, 0.6) is 0 Å². The molecule has 1 aromatic rings. The molecule has 0 saturated heterocycles. The van der Waals surface area contributed by atoms with Gasteiger partial charge >= 0.3 is 0 Å². The van der Waals surface area contributed by atoms with E-state index in [0.717, 1.165) is 23.2 Å². The Bertz CT molecular complexity index is 437. The molecule has 0 heterocycles. The molecule has 1 atom stereocenters. The highest BCUT2D eigenvalue weighted by atomic mass is 79.9. The van der Waals surface area contributed by atoms with Crippen LogP contribution in [0.2, 0.25) is 0 Å². The van der Waals surface area contributed by atoms with E-state index in [1.807, 2.05) is 18.2 Å². The van der Waals surface area contributed by atoms with Gasteiger partial charge in [0.1, 0.15) is 0 Å². The minimum absolute atomic E-state index is 0.425. The average molecular weight is 310 g/mol. The van der Waals surface area contributed by atoms with Crippen molar-refractivity contribution in [3.63, 3.8) is 0 Å². The van der Waals surface area contributed by atoms with E-state index in [0.29, 0.717) is 11.6 Å². The number of rotatable bonds is 5. The predicted octanol–water partition coefficient (Wildman–Crippen LogP) is 3.10. The minimum Gasteiger partial charge on any atom is -0.367 e. The van der Waals surface area contributed by atoms with Crippen molar-refractivity contribution in [1.82, 2.24) is 4.90 Å². The highest BCUT2D eigenvalue weighted by molar-refractivity contribution is 9.10. The second kappa shape index (κ2) is 6.77. The van der Waals surface area contributed by atoms with Crippen LogP contribution in [0.15, 0.2) is 22.7 Å². The molecule has 1 rings (SSSR count). The molecule has 0 bridgehead atoms. The van der Waals surface area contributed by atoms with E-state index in [1.165, 1.54) is 0 Å². The maximum atomic E-state index is 8.89. The summed E-state index contributed by atoms with van der Waals surface area (Å²) in [5.74, 6) is 0. The molecule has 4 heteroatoms. The van der Waals surface area contributed by atoms with Crippen LogP contribution in [-0.2, 0) is 0 Å². The fourth-order valence-electron chi connectivity index (χ4n) is 2.16. The normalized spacial score (nSPS) is 12.3. The van der Waals surface area contributed by atoms with Crippen LogP contribution in [-0.4, -0.2) is 38.1 Å². The van der Waals surface area contributed by atoms with Gasteiger partial charge in [0, 0.05) is 23.6 Å². The summed E-state index contributed by atoms with van der Waals surface area (Å²) in [5.41, 5.74) is 1.83. The zero-order chi connectivity index (χ0) is 13.7. The molecule has 98 valence electrons. The lowest BCUT2D eigenvalue weighted by Crippen LogP contribution is -2.40. The number of benzene rings is 1. The third kappa shape index (κ3) is 3.72. The first-order valence-corrected chi connectivity index (χ1v) is 6.90. The molecular formula is C14H20BrN3. The fraction of sp³-hybridized carbons (Fsp3) is 0.500. The number of likely N-dealkylation sites (N-methyl/N-ethyl adjacent to an activating group) is 2. The molecule has 1 aromatic carbocycles. The Morgan fingerprint density at radius 3 is 2.50 bits per heavy atom. The van der Waals surface area contributed by atoms with Crippen LogP contribution >= 0.6 is 15.9 Å². The van der Waals surface area contributed by atoms with Gasteiger partial charge in [-0.15, -0.1) is 0 Å². The lowest BCUT2D eigenvalue weighted by Gasteiger charge is -2.32. The smallest absolute Gasteiger partial charge is 0.0992 e. The van der Waals surface area contributed by atoms with Gasteiger partial charge in [0.15, 0.2) is 0 Å². The largest absolute Gasteiger partial charge is 0.367 e. The molecule has 0 spiro atoms. The Hall–Kier alpha value is -1.05. The molecule has 0 N–H and O–H groups in total. The Balaban J connectivity index is 2.99. The summed E-state index contributed by atoms with van der Waals surface area (Å²) in [6.07, 6.45) is 0. The van der Waals surface area contributed by atoms with Crippen LogP contribution in [0.1, 0.15) is 19.4 Å². The monoisotopic (exact) mass is 309 g/mol. The molecule has 1 unspecified atom stereocenters. The SMILES string of the molecule is CCN(c1ccc(C#N)cc1Br)C(C)CN(C)C. The van der Waals surface area contributed by atoms with Gasteiger partial charge in [-0.25, -0.2) is 0 Å². The van der Waals surface area contributed by atoms with Crippen molar-refractivity contribution < 1.29 is 0 Å². The number of hydrogen-bond acceptors (Lipinski definition) is 3. The Labute approximate surface area is 118 Å². The average Bonchev–Trinajstić information content (AvgIpc) is 2.31. The third-order valence-corrected chi connectivity index (χ3v) is 3.52. The summed E-state index contributed by atoms with van der Waals surface area (Å²) in [5, 5.41) is 8.89. The summed E-state index contributed by atoms with van der Waals surface area (Å²) < 4.78 is 0.981. The number of hydrogen-bond donors (Lipinski definition) is 0. The van der Waals surface area contributed by atoms with Gasteiger partial charge < -0.3 is 9.80 Å². The van der Waals surface area contributed by atoms with Crippen molar-refractivity contribution in [3.05, 3.63) is 28.2 Å².